The topological polar surface area (TPSA) is 80.9 Å². The van der Waals surface area contributed by atoms with E-state index < -0.39 is 11.4 Å². The standard InChI is InChI=1S/C13H12Cl2N4O/c1-13(16,8-5-3-2-4-6-8)11(20)18-10-7-9(14)17-12(15)19-10/h2-7H,16H2,1H3,(H,17,18,19,20). The molecule has 1 amide bonds. The van der Waals surface area contributed by atoms with Crippen LogP contribution in [0.5, 0.6) is 0 Å². The third-order valence-corrected chi connectivity index (χ3v) is 3.12. The van der Waals surface area contributed by atoms with Crippen molar-refractivity contribution in [2.24, 2.45) is 5.73 Å². The Morgan fingerprint density at radius 2 is 1.90 bits per heavy atom. The summed E-state index contributed by atoms with van der Waals surface area (Å²) in [6, 6.07) is 10.4. The minimum atomic E-state index is -1.20. The number of rotatable bonds is 3. The summed E-state index contributed by atoms with van der Waals surface area (Å²) in [5.41, 5.74) is 5.56. The molecule has 0 spiro atoms. The second-order valence-electron chi connectivity index (χ2n) is 4.37. The van der Waals surface area contributed by atoms with Crippen molar-refractivity contribution in [2.45, 2.75) is 12.5 Å². The first-order chi connectivity index (χ1) is 9.39. The molecule has 0 aliphatic rings. The molecule has 104 valence electrons. The van der Waals surface area contributed by atoms with Crippen LogP contribution in [0.4, 0.5) is 5.82 Å². The Morgan fingerprint density at radius 1 is 1.25 bits per heavy atom. The predicted octanol–water partition coefficient (Wildman–Crippen LogP) is 2.60. The van der Waals surface area contributed by atoms with Gasteiger partial charge in [0, 0.05) is 6.07 Å². The normalized spacial score (nSPS) is 13.6. The van der Waals surface area contributed by atoms with Gasteiger partial charge in [-0.3, -0.25) is 4.79 Å². The zero-order valence-corrected chi connectivity index (χ0v) is 12.1. The van der Waals surface area contributed by atoms with Crippen LogP contribution in [0.1, 0.15) is 12.5 Å². The summed E-state index contributed by atoms with van der Waals surface area (Å²) in [6.07, 6.45) is 0. The van der Waals surface area contributed by atoms with Crippen LogP contribution in [-0.4, -0.2) is 15.9 Å². The molecule has 2 rings (SSSR count). The Morgan fingerprint density at radius 3 is 2.50 bits per heavy atom. The number of aromatic nitrogens is 2. The second kappa shape index (κ2) is 5.75. The number of hydrogen-bond acceptors (Lipinski definition) is 4. The van der Waals surface area contributed by atoms with Gasteiger partial charge in [-0.05, 0) is 24.1 Å². The molecular weight excluding hydrogens is 299 g/mol. The van der Waals surface area contributed by atoms with Gasteiger partial charge in [0.25, 0.3) is 0 Å². The smallest absolute Gasteiger partial charge is 0.249 e. The number of amides is 1. The van der Waals surface area contributed by atoms with Gasteiger partial charge in [-0.15, -0.1) is 0 Å². The molecule has 3 N–H and O–H groups in total. The molecule has 0 saturated heterocycles. The zero-order valence-electron chi connectivity index (χ0n) is 10.6. The fourth-order valence-corrected chi connectivity index (χ4v) is 2.02. The molecule has 0 aliphatic carbocycles. The van der Waals surface area contributed by atoms with Crippen LogP contribution in [-0.2, 0) is 10.3 Å². The highest BCUT2D eigenvalue weighted by Crippen LogP contribution is 2.21. The van der Waals surface area contributed by atoms with Gasteiger partial charge in [0.1, 0.15) is 16.5 Å². The summed E-state index contributed by atoms with van der Waals surface area (Å²) < 4.78 is 0. The molecule has 0 aliphatic heterocycles. The monoisotopic (exact) mass is 310 g/mol. The van der Waals surface area contributed by atoms with Crippen molar-refractivity contribution < 1.29 is 4.79 Å². The van der Waals surface area contributed by atoms with E-state index in [1.807, 2.05) is 18.2 Å². The highest BCUT2D eigenvalue weighted by molar-refractivity contribution is 6.32. The quantitative estimate of drug-likeness (QED) is 0.674. The molecule has 0 radical (unpaired) electrons. The van der Waals surface area contributed by atoms with Crippen molar-refractivity contribution >= 4 is 34.9 Å². The second-order valence-corrected chi connectivity index (χ2v) is 5.09. The van der Waals surface area contributed by atoms with E-state index in [0.29, 0.717) is 5.56 Å². The maximum Gasteiger partial charge on any atom is 0.249 e. The molecule has 5 nitrogen and oxygen atoms in total. The van der Waals surface area contributed by atoms with E-state index in [1.54, 1.807) is 19.1 Å². The summed E-state index contributed by atoms with van der Waals surface area (Å²) in [4.78, 5) is 19.8. The van der Waals surface area contributed by atoms with E-state index in [0.717, 1.165) is 0 Å². The molecule has 7 heteroatoms. The van der Waals surface area contributed by atoms with Crippen LogP contribution in [0.2, 0.25) is 10.4 Å². The predicted molar refractivity (Wildman–Crippen MR) is 78.7 cm³/mol. The Balaban J connectivity index is 2.23. The fourth-order valence-electron chi connectivity index (χ4n) is 1.62. The Hall–Kier alpha value is -1.69. The summed E-state index contributed by atoms with van der Waals surface area (Å²) in [7, 11) is 0. The first-order valence-electron chi connectivity index (χ1n) is 5.75. The molecular formula is C13H12Cl2N4O. The highest BCUT2D eigenvalue weighted by atomic mass is 35.5. The lowest BCUT2D eigenvalue weighted by atomic mass is 9.92. The van der Waals surface area contributed by atoms with Gasteiger partial charge >= 0.3 is 0 Å². The molecule has 0 bridgehead atoms. The summed E-state index contributed by atoms with van der Waals surface area (Å²) in [6.45, 7) is 1.61. The third kappa shape index (κ3) is 3.25. The number of nitrogens with zero attached hydrogens (tertiary/aromatic N) is 2. The zero-order chi connectivity index (χ0) is 14.8. The van der Waals surface area contributed by atoms with Gasteiger partial charge in [-0.1, -0.05) is 41.9 Å². The van der Waals surface area contributed by atoms with Crippen LogP contribution in [0, 0.1) is 0 Å². The first kappa shape index (κ1) is 14.7. The molecule has 1 aromatic carbocycles. The summed E-state index contributed by atoms with van der Waals surface area (Å²) in [5, 5.41) is 2.67. The van der Waals surface area contributed by atoms with Crippen LogP contribution < -0.4 is 11.1 Å². The molecule has 1 aromatic heterocycles. The average molecular weight is 311 g/mol. The van der Waals surface area contributed by atoms with Crippen molar-refractivity contribution in [3.05, 3.63) is 52.4 Å². The number of nitrogens with two attached hydrogens (primary N) is 1. The third-order valence-electron chi connectivity index (χ3n) is 2.75. The highest BCUT2D eigenvalue weighted by Gasteiger charge is 2.30. The number of carbonyl (C=O) groups is 1. The molecule has 1 heterocycles. The number of nitrogens with one attached hydrogen (secondary N) is 1. The summed E-state index contributed by atoms with van der Waals surface area (Å²) in [5.74, 6) is -0.220. The molecule has 1 atom stereocenters. The largest absolute Gasteiger partial charge is 0.314 e. The van der Waals surface area contributed by atoms with Crippen molar-refractivity contribution in [3.8, 4) is 0 Å². The van der Waals surface area contributed by atoms with Gasteiger partial charge in [0.05, 0.1) is 0 Å². The van der Waals surface area contributed by atoms with E-state index >= 15 is 0 Å². The van der Waals surface area contributed by atoms with Crippen molar-refractivity contribution in [2.75, 3.05) is 5.32 Å². The Bertz CT molecular complexity index is 611. The van der Waals surface area contributed by atoms with Crippen molar-refractivity contribution in [3.63, 3.8) is 0 Å². The molecule has 20 heavy (non-hydrogen) atoms. The van der Waals surface area contributed by atoms with E-state index in [1.165, 1.54) is 6.07 Å². The minimum absolute atomic E-state index is 0.0498. The van der Waals surface area contributed by atoms with Gasteiger partial charge in [0.2, 0.25) is 11.2 Å². The van der Waals surface area contributed by atoms with E-state index in [4.69, 9.17) is 28.9 Å². The molecule has 2 aromatic rings. The van der Waals surface area contributed by atoms with Crippen LogP contribution in [0.25, 0.3) is 0 Å². The first-order valence-corrected chi connectivity index (χ1v) is 6.51. The van der Waals surface area contributed by atoms with E-state index in [2.05, 4.69) is 15.3 Å². The van der Waals surface area contributed by atoms with Gasteiger partial charge in [-0.25, -0.2) is 9.97 Å². The van der Waals surface area contributed by atoms with E-state index in [9.17, 15) is 4.79 Å². The molecule has 0 fully saturated rings. The van der Waals surface area contributed by atoms with Gasteiger partial charge in [0.15, 0.2) is 0 Å². The van der Waals surface area contributed by atoms with Crippen LogP contribution in [0.3, 0.4) is 0 Å². The number of anilines is 1. The lowest BCUT2D eigenvalue weighted by Gasteiger charge is -2.23. The fraction of sp³-hybridized carbons (Fsp3) is 0.154. The lowest BCUT2D eigenvalue weighted by Crippen LogP contribution is -2.45. The van der Waals surface area contributed by atoms with Gasteiger partial charge < -0.3 is 11.1 Å². The Labute approximate surface area is 126 Å². The van der Waals surface area contributed by atoms with Crippen molar-refractivity contribution in [1.29, 1.82) is 0 Å². The number of benzene rings is 1. The van der Waals surface area contributed by atoms with Crippen molar-refractivity contribution in [1.82, 2.24) is 9.97 Å². The summed E-state index contributed by atoms with van der Waals surface area (Å²) >= 11 is 11.4. The number of halogens is 2. The maximum absolute atomic E-state index is 12.3. The average Bonchev–Trinajstić information content (AvgIpc) is 2.38. The molecule has 0 saturated carbocycles. The number of carbonyl (C=O) groups excluding carboxylic acids is 1. The van der Waals surface area contributed by atoms with Crippen LogP contribution in [0.15, 0.2) is 36.4 Å². The minimum Gasteiger partial charge on any atom is -0.314 e. The maximum atomic E-state index is 12.3. The lowest BCUT2D eigenvalue weighted by molar-refractivity contribution is -0.120. The van der Waals surface area contributed by atoms with Gasteiger partial charge in [-0.2, -0.15) is 0 Å². The Kier molecular flexibility index (Phi) is 4.23. The van der Waals surface area contributed by atoms with E-state index in [-0.39, 0.29) is 16.3 Å². The van der Waals surface area contributed by atoms with Crippen LogP contribution >= 0.6 is 23.2 Å². The number of hydrogen-bond donors (Lipinski definition) is 2. The SMILES string of the molecule is CC(N)(C(=O)Nc1cc(Cl)nc(Cl)n1)c1ccccc1. The molecule has 1 unspecified atom stereocenters.